The van der Waals surface area contributed by atoms with Gasteiger partial charge in [-0.3, -0.25) is 4.98 Å². The van der Waals surface area contributed by atoms with Gasteiger partial charge in [-0.25, -0.2) is 0 Å². The summed E-state index contributed by atoms with van der Waals surface area (Å²) in [6.45, 7) is 2.23. The maximum atomic E-state index is 8.05. The number of hydrogen-bond donors (Lipinski definition) is 1. The van der Waals surface area contributed by atoms with Crippen LogP contribution in [0.5, 0.6) is 0 Å². The average molecular weight is 189 g/mol. The Morgan fingerprint density at radius 2 is 2.50 bits per heavy atom. The van der Waals surface area contributed by atoms with E-state index in [-0.39, 0.29) is 0 Å². The highest BCUT2D eigenvalue weighted by Gasteiger charge is 1.97. The van der Waals surface area contributed by atoms with E-state index in [0.29, 0.717) is 17.9 Å². The zero-order valence-electron chi connectivity index (χ0n) is 7.88. The lowest BCUT2D eigenvalue weighted by atomic mass is 10.2. The van der Waals surface area contributed by atoms with Crippen LogP contribution in [0.2, 0.25) is 0 Å². The van der Waals surface area contributed by atoms with Gasteiger partial charge in [-0.05, 0) is 30.2 Å². The van der Waals surface area contributed by atoms with Gasteiger partial charge in [0.15, 0.2) is 0 Å². The van der Waals surface area contributed by atoms with E-state index in [0.717, 1.165) is 5.56 Å². The molecule has 0 aliphatic rings. The smallest absolute Gasteiger partial charge is 0.0858 e. The lowest BCUT2D eigenvalue weighted by Crippen LogP contribution is -1.95. The second kappa shape index (κ2) is 4.89. The van der Waals surface area contributed by atoms with Gasteiger partial charge in [0, 0.05) is 17.7 Å². The molecule has 0 amide bonds. The number of aryl methyl sites for hydroxylation is 1. The van der Waals surface area contributed by atoms with Gasteiger partial charge in [-0.1, -0.05) is 11.2 Å². The van der Waals surface area contributed by atoms with Crippen LogP contribution < -0.4 is 5.73 Å². The first-order valence-corrected chi connectivity index (χ1v) is 4.14. The molecule has 0 unspecified atom stereocenters. The molecule has 72 valence electrons. The minimum atomic E-state index is 0.311. The molecule has 0 bridgehead atoms. The highest BCUT2D eigenvalue weighted by atomic mass is 15.1. The molecule has 0 spiro atoms. The molecule has 1 heterocycles. The summed E-state index contributed by atoms with van der Waals surface area (Å²) in [5, 5.41) is 3.36. The number of rotatable bonds is 3. The molecule has 14 heavy (non-hydrogen) atoms. The summed E-state index contributed by atoms with van der Waals surface area (Å²) in [6, 6.07) is 1.85. The van der Waals surface area contributed by atoms with Gasteiger partial charge < -0.3 is 5.73 Å². The number of nitrogens with zero attached hydrogens (tertiary/aromatic N) is 4. The third-order valence-electron chi connectivity index (χ3n) is 1.76. The first-order chi connectivity index (χ1) is 6.75. The zero-order chi connectivity index (χ0) is 10.4. The highest BCUT2D eigenvalue weighted by Crippen LogP contribution is 2.14. The summed E-state index contributed by atoms with van der Waals surface area (Å²) < 4.78 is 0. The van der Waals surface area contributed by atoms with Crippen molar-refractivity contribution in [1.29, 1.82) is 0 Å². The summed E-state index contributed by atoms with van der Waals surface area (Å²) in [7, 11) is 0. The van der Waals surface area contributed by atoms with Crippen LogP contribution in [0, 0.1) is 6.92 Å². The Kier molecular flexibility index (Phi) is 3.52. The van der Waals surface area contributed by atoms with Crippen molar-refractivity contribution < 1.29 is 0 Å². The van der Waals surface area contributed by atoms with E-state index in [9.17, 15) is 0 Å². The minimum Gasteiger partial charge on any atom is -0.397 e. The predicted molar refractivity (Wildman–Crippen MR) is 56.4 cm³/mol. The summed E-state index contributed by atoms with van der Waals surface area (Å²) >= 11 is 0. The maximum Gasteiger partial charge on any atom is 0.0858 e. The zero-order valence-corrected chi connectivity index (χ0v) is 7.88. The Bertz CT molecular complexity index is 390. The second-order valence-corrected chi connectivity index (χ2v) is 2.74. The number of pyridine rings is 1. The fourth-order valence-electron chi connectivity index (χ4n) is 0.972. The van der Waals surface area contributed by atoms with Crippen LogP contribution in [0.4, 0.5) is 5.69 Å². The van der Waals surface area contributed by atoms with E-state index < -0.39 is 0 Å². The molecule has 2 N–H and O–H groups in total. The molecule has 1 aromatic heterocycles. The van der Waals surface area contributed by atoms with Gasteiger partial charge in [0.05, 0.1) is 11.4 Å². The topological polar surface area (TPSA) is 87.7 Å². The third-order valence-corrected chi connectivity index (χ3v) is 1.76. The van der Waals surface area contributed by atoms with Crippen molar-refractivity contribution in [3.05, 3.63) is 40.0 Å². The lowest BCUT2D eigenvalue weighted by Gasteiger charge is -2.01. The van der Waals surface area contributed by atoms with Crippen LogP contribution in [0.3, 0.4) is 0 Å². The first kappa shape index (κ1) is 10.1. The molecule has 0 aliphatic heterocycles. The van der Waals surface area contributed by atoms with Crippen molar-refractivity contribution in [2.24, 2.45) is 5.11 Å². The van der Waals surface area contributed by atoms with Crippen LogP contribution in [-0.2, 0) is 0 Å². The summed E-state index contributed by atoms with van der Waals surface area (Å²) in [5.74, 6) is 0. The molecular weight excluding hydrogens is 178 g/mol. The van der Waals surface area contributed by atoms with E-state index in [2.05, 4.69) is 15.0 Å². The fourth-order valence-corrected chi connectivity index (χ4v) is 0.972. The Hall–Kier alpha value is -2.00. The van der Waals surface area contributed by atoms with Crippen molar-refractivity contribution in [2.45, 2.75) is 6.92 Å². The van der Waals surface area contributed by atoms with Crippen LogP contribution in [0.15, 0.2) is 23.5 Å². The molecule has 0 saturated carbocycles. The molecule has 1 aromatic rings. The monoisotopic (exact) mass is 189 g/mol. The van der Waals surface area contributed by atoms with Gasteiger partial charge in [0.25, 0.3) is 0 Å². The number of anilines is 1. The van der Waals surface area contributed by atoms with Crippen LogP contribution in [-0.4, -0.2) is 11.5 Å². The van der Waals surface area contributed by atoms with Crippen molar-refractivity contribution in [1.82, 2.24) is 4.98 Å². The van der Waals surface area contributed by atoms with Crippen LogP contribution in [0.1, 0.15) is 11.3 Å². The normalized spacial score (nSPS) is 10.1. The van der Waals surface area contributed by atoms with E-state index in [1.807, 2.05) is 13.0 Å². The summed E-state index contributed by atoms with van der Waals surface area (Å²) in [5.41, 5.74) is 16.2. The maximum absolute atomic E-state index is 8.05. The standard InChI is InChI=1S/C9H11N5/c1-7-4-6-12-8(9(7)10)3-2-5-13-14-11/h2-4,6H,5,10H2,1H3. The molecule has 0 radical (unpaired) electrons. The third kappa shape index (κ3) is 2.50. The quantitative estimate of drug-likeness (QED) is 0.449. The Balaban J connectivity index is 2.81. The molecule has 0 fully saturated rings. The van der Waals surface area contributed by atoms with Gasteiger partial charge in [0.1, 0.15) is 0 Å². The highest BCUT2D eigenvalue weighted by molar-refractivity contribution is 5.63. The van der Waals surface area contributed by atoms with Crippen molar-refractivity contribution in [3.63, 3.8) is 0 Å². The molecule has 0 aliphatic carbocycles. The van der Waals surface area contributed by atoms with Crippen molar-refractivity contribution in [3.8, 4) is 0 Å². The fraction of sp³-hybridized carbons (Fsp3) is 0.222. The van der Waals surface area contributed by atoms with Crippen LogP contribution in [0.25, 0.3) is 16.5 Å². The molecule has 1 rings (SSSR count). The number of nitrogen functional groups attached to an aromatic ring is 1. The molecule has 5 heteroatoms. The Morgan fingerprint density at radius 1 is 1.71 bits per heavy atom. The molecular formula is C9H11N5. The van der Waals surface area contributed by atoms with Gasteiger partial charge in [0.2, 0.25) is 0 Å². The van der Waals surface area contributed by atoms with Crippen LogP contribution >= 0.6 is 0 Å². The van der Waals surface area contributed by atoms with E-state index in [1.165, 1.54) is 0 Å². The van der Waals surface area contributed by atoms with Gasteiger partial charge in [-0.2, -0.15) is 0 Å². The largest absolute Gasteiger partial charge is 0.397 e. The Morgan fingerprint density at radius 3 is 3.21 bits per heavy atom. The van der Waals surface area contributed by atoms with Gasteiger partial charge in [-0.15, -0.1) is 0 Å². The molecule has 0 aromatic carbocycles. The Labute approximate surface area is 81.9 Å². The van der Waals surface area contributed by atoms with Crippen molar-refractivity contribution >= 4 is 11.8 Å². The first-order valence-electron chi connectivity index (χ1n) is 4.14. The lowest BCUT2D eigenvalue weighted by molar-refractivity contribution is 1.21. The SMILES string of the molecule is Cc1ccnc(C=CCN=[N+]=[N-])c1N. The van der Waals surface area contributed by atoms with E-state index >= 15 is 0 Å². The predicted octanol–water partition coefficient (Wildman–Crippen LogP) is 2.30. The number of azide groups is 1. The molecule has 0 saturated heterocycles. The van der Waals surface area contributed by atoms with Crippen molar-refractivity contribution in [2.75, 3.05) is 12.3 Å². The summed E-state index contributed by atoms with van der Waals surface area (Å²) in [6.07, 6.45) is 5.16. The van der Waals surface area contributed by atoms with E-state index in [1.54, 1.807) is 18.3 Å². The number of aromatic nitrogens is 1. The van der Waals surface area contributed by atoms with Gasteiger partial charge >= 0.3 is 0 Å². The minimum absolute atomic E-state index is 0.311. The average Bonchev–Trinajstić information content (AvgIpc) is 2.19. The molecule has 5 nitrogen and oxygen atoms in total. The number of hydrogen-bond acceptors (Lipinski definition) is 3. The van der Waals surface area contributed by atoms with E-state index in [4.69, 9.17) is 11.3 Å². The molecule has 0 atom stereocenters. The second-order valence-electron chi connectivity index (χ2n) is 2.74. The summed E-state index contributed by atoms with van der Waals surface area (Å²) in [4.78, 5) is 6.72. The number of nitrogens with two attached hydrogens (primary N) is 1.